The molecule has 0 N–H and O–H groups in total. The molecule has 1 heterocycles. The number of rotatable bonds is 1. The van der Waals surface area contributed by atoms with Crippen LogP contribution in [0, 0.1) is 6.92 Å². The van der Waals surface area contributed by atoms with E-state index in [-0.39, 0.29) is 11.9 Å². The average Bonchev–Trinajstić information content (AvgIpc) is 2.40. The number of aryl methyl sites for hydroxylation is 1. The van der Waals surface area contributed by atoms with Crippen LogP contribution >= 0.6 is 0 Å². The van der Waals surface area contributed by atoms with Crippen molar-refractivity contribution in [2.45, 2.75) is 19.3 Å². The lowest BCUT2D eigenvalue weighted by molar-refractivity contribution is -0.135. The SMILES string of the molecule is Cc1cccc2c1OC(=O)CC2c1ccccc1. The van der Waals surface area contributed by atoms with Crippen molar-refractivity contribution in [3.05, 3.63) is 65.2 Å². The van der Waals surface area contributed by atoms with Gasteiger partial charge in [-0.3, -0.25) is 4.79 Å². The van der Waals surface area contributed by atoms with Crippen molar-refractivity contribution in [2.75, 3.05) is 0 Å². The number of para-hydroxylation sites is 1. The van der Waals surface area contributed by atoms with E-state index in [1.807, 2.05) is 43.3 Å². The Hall–Kier alpha value is -2.09. The first-order chi connectivity index (χ1) is 8.75. The summed E-state index contributed by atoms with van der Waals surface area (Å²) >= 11 is 0. The van der Waals surface area contributed by atoms with E-state index in [2.05, 4.69) is 12.1 Å². The summed E-state index contributed by atoms with van der Waals surface area (Å²) in [6.07, 6.45) is 0.417. The molecular formula is C16H14O2. The standard InChI is InChI=1S/C16H14O2/c1-11-6-5-9-13-14(10-15(17)18-16(11)13)12-7-3-2-4-8-12/h2-9,14H,10H2,1H3. The van der Waals surface area contributed by atoms with Crippen LogP contribution in [-0.4, -0.2) is 5.97 Å². The van der Waals surface area contributed by atoms with Gasteiger partial charge in [0.05, 0.1) is 6.42 Å². The van der Waals surface area contributed by atoms with Crippen LogP contribution in [0.4, 0.5) is 0 Å². The minimum absolute atomic E-state index is 0.113. The molecule has 90 valence electrons. The molecule has 18 heavy (non-hydrogen) atoms. The van der Waals surface area contributed by atoms with E-state index in [1.54, 1.807) is 0 Å². The summed E-state index contributed by atoms with van der Waals surface area (Å²) in [5, 5.41) is 0. The van der Waals surface area contributed by atoms with Crippen LogP contribution < -0.4 is 4.74 Å². The number of ether oxygens (including phenoxy) is 1. The molecule has 1 aliphatic rings. The second kappa shape index (κ2) is 4.30. The largest absolute Gasteiger partial charge is 0.426 e. The second-order valence-electron chi connectivity index (χ2n) is 4.63. The molecule has 2 aromatic rings. The number of fused-ring (bicyclic) bond motifs is 1. The Balaban J connectivity index is 2.14. The summed E-state index contributed by atoms with van der Waals surface area (Å²) in [6, 6.07) is 16.2. The number of carbonyl (C=O) groups is 1. The molecule has 3 rings (SSSR count). The number of hydrogen-bond donors (Lipinski definition) is 0. The molecular weight excluding hydrogens is 224 g/mol. The molecule has 0 saturated carbocycles. The second-order valence-corrected chi connectivity index (χ2v) is 4.63. The molecule has 1 aliphatic heterocycles. The van der Waals surface area contributed by atoms with Gasteiger partial charge in [-0.1, -0.05) is 48.5 Å². The Bertz CT molecular complexity index is 587. The van der Waals surface area contributed by atoms with Gasteiger partial charge >= 0.3 is 5.97 Å². The molecule has 0 aromatic heterocycles. The number of carbonyl (C=O) groups excluding carboxylic acids is 1. The third-order valence-corrected chi connectivity index (χ3v) is 3.41. The van der Waals surface area contributed by atoms with Gasteiger partial charge in [-0.15, -0.1) is 0 Å². The van der Waals surface area contributed by atoms with Crippen molar-refractivity contribution in [2.24, 2.45) is 0 Å². The molecule has 0 bridgehead atoms. The molecule has 1 atom stereocenters. The Morgan fingerprint density at radius 3 is 2.61 bits per heavy atom. The van der Waals surface area contributed by atoms with Gasteiger partial charge in [0.15, 0.2) is 0 Å². The quantitative estimate of drug-likeness (QED) is 0.562. The van der Waals surface area contributed by atoms with E-state index in [1.165, 1.54) is 5.56 Å². The summed E-state index contributed by atoms with van der Waals surface area (Å²) in [5.74, 6) is 0.704. The Morgan fingerprint density at radius 1 is 1.06 bits per heavy atom. The van der Waals surface area contributed by atoms with Crippen molar-refractivity contribution in [1.82, 2.24) is 0 Å². The lowest BCUT2D eigenvalue weighted by Crippen LogP contribution is -2.21. The molecule has 2 heteroatoms. The van der Waals surface area contributed by atoms with Gasteiger partial charge < -0.3 is 4.74 Å². The molecule has 0 fully saturated rings. The molecule has 2 nitrogen and oxygen atoms in total. The minimum Gasteiger partial charge on any atom is -0.426 e. The highest BCUT2D eigenvalue weighted by molar-refractivity contribution is 5.78. The van der Waals surface area contributed by atoms with Gasteiger partial charge in [-0.2, -0.15) is 0 Å². The predicted molar refractivity (Wildman–Crippen MR) is 69.7 cm³/mol. The van der Waals surface area contributed by atoms with Crippen LogP contribution in [0.3, 0.4) is 0 Å². The van der Waals surface area contributed by atoms with Crippen molar-refractivity contribution in [1.29, 1.82) is 0 Å². The highest BCUT2D eigenvalue weighted by Crippen LogP contribution is 2.40. The first kappa shape index (κ1) is 11.0. The smallest absolute Gasteiger partial charge is 0.312 e. The van der Waals surface area contributed by atoms with E-state index in [0.29, 0.717) is 6.42 Å². The highest BCUT2D eigenvalue weighted by Gasteiger charge is 2.28. The molecule has 0 radical (unpaired) electrons. The van der Waals surface area contributed by atoms with Crippen LogP contribution in [0.25, 0.3) is 0 Å². The fourth-order valence-corrected chi connectivity index (χ4v) is 2.50. The maximum Gasteiger partial charge on any atom is 0.312 e. The molecule has 1 unspecified atom stereocenters. The van der Waals surface area contributed by atoms with Gasteiger partial charge in [0.2, 0.25) is 0 Å². The van der Waals surface area contributed by atoms with Crippen molar-refractivity contribution in [3.8, 4) is 5.75 Å². The fourth-order valence-electron chi connectivity index (χ4n) is 2.50. The van der Waals surface area contributed by atoms with Crippen LogP contribution in [0.2, 0.25) is 0 Å². The van der Waals surface area contributed by atoms with Crippen LogP contribution in [0.5, 0.6) is 5.75 Å². The Labute approximate surface area is 106 Å². The third-order valence-electron chi connectivity index (χ3n) is 3.41. The van der Waals surface area contributed by atoms with Crippen LogP contribution in [-0.2, 0) is 4.79 Å². The zero-order valence-electron chi connectivity index (χ0n) is 10.2. The summed E-state index contributed by atoms with van der Waals surface area (Å²) < 4.78 is 5.38. The van der Waals surface area contributed by atoms with E-state index >= 15 is 0 Å². The number of benzene rings is 2. The topological polar surface area (TPSA) is 26.3 Å². The fraction of sp³-hybridized carbons (Fsp3) is 0.188. The summed E-state index contributed by atoms with van der Waals surface area (Å²) in [4.78, 5) is 11.7. The Kier molecular flexibility index (Phi) is 2.63. The minimum atomic E-state index is -0.148. The van der Waals surface area contributed by atoms with Crippen LogP contribution in [0.1, 0.15) is 29.0 Å². The maximum atomic E-state index is 11.7. The lowest BCUT2D eigenvalue weighted by Gasteiger charge is -2.25. The zero-order chi connectivity index (χ0) is 12.5. The van der Waals surface area contributed by atoms with Crippen molar-refractivity contribution in [3.63, 3.8) is 0 Å². The molecule has 2 aromatic carbocycles. The molecule has 0 saturated heterocycles. The van der Waals surface area contributed by atoms with Gasteiger partial charge in [0.1, 0.15) is 5.75 Å². The maximum absolute atomic E-state index is 11.7. The van der Waals surface area contributed by atoms with Gasteiger partial charge in [-0.05, 0) is 18.1 Å². The number of hydrogen-bond acceptors (Lipinski definition) is 2. The first-order valence-corrected chi connectivity index (χ1v) is 6.11. The van der Waals surface area contributed by atoms with E-state index in [9.17, 15) is 4.79 Å². The Morgan fingerprint density at radius 2 is 1.83 bits per heavy atom. The predicted octanol–water partition coefficient (Wildman–Crippen LogP) is 3.44. The monoisotopic (exact) mass is 238 g/mol. The van der Waals surface area contributed by atoms with Gasteiger partial charge in [0.25, 0.3) is 0 Å². The first-order valence-electron chi connectivity index (χ1n) is 6.11. The van der Waals surface area contributed by atoms with Gasteiger partial charge in [-0.25, -0.2) is 0 Å². The lowest BCUT2D eigenvalue weighted by atomic mass is 9.85. The van der Waals surface area contributed by atoms with Gasteiger partial charge in [0, 0.05) is 11.5 Å². The highest BCUT2D eigenvalue weighted by atomic mass is 16.5. The summed E-state index contributed by atoms with van der Waals surface area (Å²) in [5.41, 5.74) is 3.29. The third kappa shape index (κ3) is 1.80. The van der Waals surface area contributed by atoms with Crippen molar-refractivity contribution < 1.29 is 9.53 Å². The number of esters is 1. The zero-order valence-corrected chi connectivity index (χ0v) is 10.2. The summed E-state index contributed by atoms with van der Waals surface area (Å²) in [7, 11) is 0. The van der Waals surface area contributed by atoms with Crippen LogP contribution in [0.15, 0.2) is 48.5 Å². The average molecular weight is 238 g/mol. The van der Waals surface area contributed by atoms with E-state index in [4.69, 9.17) is 4.74 Å². The van der Waals surface area contributed by atoms with E-state index < -0.39 is 0 Å². The normalized spacial score (nSPS) is 18.1. The van der Waals surface area contributed by atoms with E-state index in [0.717, 1.165) is 16.9 Å². The molecule has 0 amide bonds. The molecule has 0 spiro atoms. The van der Waals surface area contributed by atoms with Crippen molar-refractivity contribution >= 4 is 5.97 Å². The molecule has 0 aliphatic carbocycles. The summed E-state index contributed by atoms with van der Waals surface area (Å²) in [6.45, 7) is 1.97.